The molecule has 25 heavy (non-hydrogen) atoms. The largest absolute Gasteiger partial charge is 0.341 e. The van der Waals surface area contributed by atoms with Gasteiger partial charge in [0.15, 0.2) is 0 Å². The number of rotatable bonds is 4. The predicted octanol–water partition coefficient (Wildman–Crippen LogP) is 2.88. The van der Waals surface area contributed by atoms with Crippen LogP contribution < -0.4 is 0 Å². The van der Waals surface area contributed by atoms with Gasteiger partial charge in [0.1, 0.15) is 0 Å². The number of nitrogens with zero attached hydrogens (tertiary/aromatic N) is 5. The van der Waals surface area contributed by atoms with E-state index >= 15 is 0 Å². The van der Waals surface area contributed by atoms with E-state index in [1.54, 1.807) is 4.68 Å². The Kier molecular flexibility index (Phi) is 5.42. The molecular formula is C18H25N5OS. The van der Waals surface area contributed by atoms with E-state index in [0.717, 1.165) is 24.3 Å². The van der Waals surface area contributed by atoms with Crippen molar-refractivity contribution in [3.63, 3.8) is 0 Å². The van der Waals surface area contributed by atoms with E-state index in [2.05, 4.69) is 42.4 Å². The second-order valence-corrected chi connectivity index (χ2v) is 8.14. The monoisotopic (exact) mass is 359 g/mol. The van der Waals surface area contributed by atoms with Crippen LogP contribution in [-0.4, -0.2) is 49.9 Å². The summed E-state index contributed by atoms with van der Waals surface area (Å²) in [5, 5.41) is 12.6. The number of amides is 1. The molecule has 1 saturated heterocycles. The van der Waals surface area contributed by atoms with Gasteiger partial charge in [-0.1, -0.05) is 43.3 Å². The number of tetrazole rings is 1. The smallest absolute Gasteiger partial charge is 0.233 e. The van der Waals surface area contributed by atoms with Crippen molar-refractivity contribution in [2.75, 3.05) is 18.8 Å². The topological polar surface area (TPSA) is 63.9 Å². The van der Waals surface area contributed by atoms with Crippen molar-refractivity contribution in [1.82, 2.24) is 25.1 Å². The number of aromatic nitrogens is 4. The van der Waals surface area contributed by atoms with E-state index < -0.39 is 0 Å². The molecule has 6 nitrogen and oxygen atoms in total. The van der Waals surface area contributed by atoms with Gasteiger partial charge in [0.25, 0.3) is 0 Å². The highest BCUT2D eigenvalue weighted by atomic mass is 32.2. The zero-order chi connectivity index (χ0) is 18.0. The number of likely N-dealkylation sites (tertiary alicyclic amines) is 1. The van der Waals surface area contributed by atoms with Crippen LogP contribution in [0.2, 0.25) is 0 Å². The minimum absolute atomic E-state index is 0.165. The summed E-state index contributed by atoms with van der Waals surface area (Å²) in [6, 6.07) is 6.16. The molecule has 0 saturated carbocycles. The standard InChI is InChI=1S/C18H25N5OS/c1-12-5-6-16(15(4)8-12)23-18(19-20-21-23)25-11-17(24)22-9-13(2)7-14(3)10-22/h5-6,8,13-14H,7,9-11H2,1-4H3. The Morgan fingerprint density at radius 3 is 2.64 bits per heavy atom. The van der Waals surface area contributed by atoms with Gasteiger partial charge in [-0.15, -0.1) is 5.10 Å². The highest BCUT2D eigenvalue weighted by Gasteiger charge is 2.25. The molecule has 0 bridgehead atoms. The summed E-state index contributed by atoms with van der Waals surface area (Å²) >= 11 is 1.40. The maximum Gasteiger partial charge on any atom is 0.233 e. The fourth-order valence-corrected chi connectivity index (χ4v) is 4.33. The Morgan fingerprint density at radius 1 is 1.24 bits per heavy atom. The van der Waals surface area contributed by atoms with E-state index in [9.17, 15) is 4.79 Å². The lowest BCUT2D eigenvalue weighted by molar-refractivity contribution is -0.130. The molecule has 1 aromatic heterocycles. The first-order valence-corrected chi connectivity index (χ1v) is 9.69. The van der Waals surface area contributed by atoms with Crippen LogP contribution in [0.5, 0.6) is 0 Å². The molecule has 2 unspecified atom stereocenters. The maximum atomic E-state index is 12.6. The lowest BCUT2D eigenvalue weighted by atomic mass is 9.92. The zero-order valence-corrected chi connectivity index (χ0v) is 16.1. The Morgan fingerprint density at radius 2 is 1.96 bits per heavy atom. The highest BCUT2D eigenvalue weighted by molar-refractivity contribution is 7.99. The first-order valence-electron chi connectivity index (χ1n) is 8.70. The van der Waals surface area contributed by atoms with Crippen LogP contribution in [0.25, 0.3) is 5.69 Å². The Balaban J connectivity index is 1.68. The summed E-state index contributed by atoms with van der Waals surface area (Å²) in [4.78, 5) is 14.6. The molecule has 3 rings (SSSR count). The van der Waals surface area contributed by atoms with Gasteiger partial charge in [0.2, 0.25) is 11.1 Å². The molecule has 0 spiro atoms. The van der Waals surface area contributed by atoms with Crippen LogP contribution in [-0.2, 0) is 4.79 Å². The summed E-state index contributed by atoms with van der Waals surface area (Å²) in [7, 11) is 0. The quantitative estimate of drug-likeness (QED) is 0.786. The number of hydrogen-bond acceptors (Lipinski definition) is 5. The molecule has 2 atom stereocenters. The summed E-state index contributed by atoms with van der Waals surface area (Å²) in [6.07, 6.45) is 1.20. The highest BCUT2D eigenvalue weighted by Crippen LogP contribution is 2.24. The molecule has 7 heteroatoms. The minimum Gasteiger partial charge on any atom is -0.341 e. The van der Waals surface area contributed by atoms with Crippen molar-refractivity contribution < 1.29 is 4.79 Å². The van der Waals surface area contributed by atoms with Gasteiger partial charge in [-0.2, -0.15) is 4.68 Å². The van der Waals surface area contributed by atoms with Gasteiger partial charge in [-0.05, 0) is 54.2 Å². The normalized spacial score (nSPS) is 20.7. The summed E-state index contributed by atoms with van der Waals surface area (Å²) < 4.78 is 1.72. The van der Waals surface area contributed by atoms with Crippen molar-refractivity contribution in [3.05, 3.63) is 29.3 Å². The molecule has 1 amide bonds. The lowest BCUT2D eigenvalue weighted by Crippen LogP contribution is -2.43. The van der Waals surface area contributed by atoms with Crippen molar-refractivity contribution in [2.24, 2.45) is 11.8 Å². The molecule has 1 fully saturated rings. The number of thioether (sulfide) groups is 1. The van der Waals surface area contributed by atoms with Gasteiger partial charge in [-0.25, -0.2) is 0 Å². The number of carbonyl (C=O) groups is 1. The fraction of sp³-hybridized carbons (Fsp3) is 0.556. The minimum atomic E-state index is 0.165. The maximum absolute atomic E-state index is 12.6. The molecule has 0 N–H and O–H groups in total. The molecule has 2 heterocycles. The molecule has 0 aliphatic carbocycles. The second kappa shape index (κ2) is 7.56. The van der Waals surface area contributed by atoms with Crippen LogP contribution in [0.1, 0.15) is 31.4 Å². The van der Waals surface area contributed by atoms with Gasteiger partial charge < -0.3 is 4.90 Å². The molecule has 1 aliphatic rings. The molecule has 1 aliphatic heterocycles. The van der Waals surface area contributed by atoms with E-state index in [1.807, 2.05) is 24.0 Å². The SMILES string of the molecule is Cc1ccc(-n2nnnc2SCC(=O)N2CC(C)CC(C)C2)c(C)c1. The van der Waals surface area contributed by atoms with E-state index in [4.69, 9.17) is 0 Å². The van der Waals surface area contributed by atoms with Crippen molar-refractivity contribution in [3.8, 4) is 5.69 Å². The Bertz CT molecular complexity index is 750. The van der Waals surface area contributed by atoms with Crippen LogP contribution in [0, 0.1) is 25.7 Å². The second-order valence-electron chi connectivity index (χ2n) is 7.20. The molecule has 134 valence electrons. The number of carbonyl (C=O) groups excluding carboxylic acids is 1. The van der Waals surface area contributed by atoms with Crippen molar-refractivity contribution in [1.29, 1.82) is 0 Å². The molecule has 2 aromatic rings. The third kappa shape index (κ3) is 4.21. The van der Waals surface area contributed by atoms with Crippen molar-refractivity contribution >= 4 is 17.7 Å². The fourth-order valence-electron chi connectivity index (χ4n) is 3.55. The Labute approximate surface area is 153 Å². The van der Waals surface area contributed by atoms with Gasteiger partial charge >= 0.3 is 0 Å². The van der Waals surface area contributed by atoms with E-state index in [-0.39, 0.29) is 5.91 Å². The summed E-state index contributed by atoms with van der Waals surface area (Å²) in [6.45, 7) is 10.2. The Hall–Kier alpha value is -1.89. The summed E-state index contributed by atoms with van der Waals surface area (Å²) in [5.74, 6) is 1.67. The van der Waals surface area contributed by atoms with Crippen LogP contribution in [0.15, 0.2) is 23.4 Å². The van der Waals surface area contributed by atoms with E-state index in [0.29, 0.717) is 22.7 Å². The number of piperidine rings is 1. The van der Waals surface area contributed by atoms with Crippen LogP contribution >= 0.6 is 11.8 Å². The van der Waals surface area contributed by atoms with Crippen molar-refractivity contribution in [2.45, 2.75) is 39.3 Å². The lowest BCUT2D eigenvalue weighted by Gasteiger charge is -2.34. The summed E-state index contributed by atoms with van der Waals surface area (Å²) in [5.41, 5.74) is 3.26. The molecule has 0 radical (unpaired) electrons. The first kappa shape index (κ1) is 17.9. The number of aryl methyl sites for hydroxylation is 2. The average Bonchev–Trinajstić information content (AvgIpc) is 3.00. The van der Waals surface area contributed by atoms with Gasteiger partial charge in [0.05, 0.1) is 11.4 Å². The van der Waals surface area contributed by atoms with Crippen LogP contribution in [0.3, 0.4) is 0 Å². The van der Waals surface area contributed by atoms with Gasteiger partial charge in [-0.3, -0.25) is 4.79 Å². The third-order valence-electron chi connectivity index (χ3n) is 4.57. The number of hydrogen-bond donors (Lipinski definition) is 0. The predicted molar refractivity (Wildman–Crippen MR) is 98.9 cm³/mol. The number of benzene rings is 1. The first-order chi connectivity index (χ1) is 11.9. The zero-order valence-electron chi connectivity index (χ0n) is 15.3. The van der Waals surface area contributed by atoms with E-state index in [1.165, 1.54) is 23.7 Å². The average molecular weight is 359 g/mol. The molecular weight excluding hydrogens is 334 g/mol. The molecule has 1 aromatic carbocycles. The van der Waals surface area contributed by atoms with Gasteiger partial charge in [0, 0.05) is 13.1 Å². The third-order valence-corrected chi connectivity index (χ3v) is 5.47. The van der Waals surface area contributed by atoms with Crippen LogP contribution in [0.4, 0.5) is 0 Å².